The minimum Gasteiger partial charge on any atom is -0.372 e. The lowest BCUT2D eigenvalue weighted by Gasteiger charge is -2.28. The van der Waals surface area contributed by atoms with Crippen LogP contribution in [0.4, 0.5) is 5.69 Å². The van der Waals surface area contributed by atoms with Crippen LogP contribution in [0.5, 0.6) is 0 Å². The Balaban J connectivity index is 2.09. The molecule has 0 radical (unpaired) electrons. The van der Waals surface area contributed by atoms with E-state index in [9.17, 15) is 5.26 Å². The predicted molar refractivity (Wildman–Crippen MR) is 87.5 cm³/mol. The Morgan fingerprint density at radius 1 is 1.48 bits per heavy atom. The average molecular weight is 286 g/mol. The lowest BCUT2D eigenvalue weighted by atomic mass is 10.1. The molecule has 0 aromatic heterocycles. The highest BCUT2D eigenvalue weighted by Crippen LogP contribution is 2.23. The van der Waals surface area contributed by atoms with Crippen molar-refractivity contribution in [2.75, 3.05) is 38.6 Å². The van der Waals surface area contributed by atoms with Crippen LogP contribution < -0.4 is 10.2 Å². The SMILES string of the molecule is CCNCc1ccc(N(C)CC2CCCN2C)c(C#N)c1. The van der Waals surface area contributed by atoms with Crippen LogP contribution in [0.15, 0.2) is 18.2 Å². The summed E-state index contributed by atoms with van der Waals surface area (Å²) in [4.78, 5) is 4.64. The normalized spacial score (nSPS) is 18.7. The number of likely N-dealkylation sites (N-methyl/N-ethyl adjacent to an activating group) is 2. The topological polar surface area (TPSA) is 42.3 Å². The van der Waals surface area contributed by atoms with Gasteiger partial charge in [0.25, 0.3) is 0 Å². The summed E-state index contributed by atoms with van der Waals surface area (Å²) in [5.74, 6) is 0. The highest BCUT2D eigenvalue weighted by Gasteiger charge is 2.22. The van der Waals surface area contributed by atoms with E-state index in [1.807, 2.05) is 6.07 Å². The molecule has 1 aromatic rings. The minimum absolute atomic E-state index is 0.600. The number of benzene rings is 1. The molecule has 4 heteroatoms. The number of nitrogens with zero attached hydrogens (tertiary/aromatic N) is 3. The lowest BCUT2D eigenvalue weighted by Crippen LogP contribution is -2.36. The molecule has 1 N–H and O–H groups in total. The fraction of sp³-hybridized carbons (Fsp3) is 0.588. The van der Waals surface area contributed by atoms with Crippen molar-refractivity contribution in [1.29, 1.82) is 5.26 Å². The van der Waals surface area contributed by atoms with E-state index in [1.54, 1.807) is 0 Å². The molecule has 21 heavy (non-hydrogen) atoms. The zero-order valence-electron chi connectivity index (χ0n) is 13.4. The molecule has 0 bridgehead atoms. The van der Waals surface area contributed by atoms with Crippen molar-refractivity contribution in [2.24, 2.45) is 0 Å². The molecule has 0 spiro atoms. The lowest BCUT2D eigenvalue weighted by molar-refractivity contribution is 0.314. The molecule has 1 saturated heterocycles. The van der Waals surface area contributed by atoms with E-state index in [1.165, 1.54) is 24.9 Å². The Kier molecular flexibility index (Phi) is 5.60. The Bertz CT molecular complexity index is 506. The number of likely N-dealkylation sites (tertiary alicyclic amines) is 1. The third kappa shape index (κ3) is 3.96. The van der Waals surface area contributed by atoms with Gasteiger partial charge in [0.1, 0.15) is 6.07 Å². The van der Waals surface area contributed by atoms with E-state index in [2.05, 4.69) is 54.3 Å². The first-order valence-corrected chi connectivity index (χ1v) is 7.80. The highest BCUT2D eigenvalue weighted by atomic mass is 15.2. The third-order valence-corrected chi connectivity index (χ3v) is 4.33. The Morgan fingerprint density at radius 2 is 2.29 bits per heavy atom. The van der Waals surface area contributed by atoms with Gasteiger partial charge in [-0.3, -0.25) is 0 Å². The molecule has 1 aliphatic heterocycles. The van der Waals surface area contributed by atoms with E-state index in [0.717, 1.165) is 30.9 Å². The quantitative estimate of drug-likeness (QED) is 0.870. The van der Waals surface area contributed by atoms with Gasteiger partial charge in [-0.15, -0.1) is 0 Å². The van der Waals surface area contributed by atoms with E-state index in [0.29, 0.717) is 6.04 Å². The fourth-order valence-electron chi connectivity index (χ4n) is 3.01. The Labute approximate surface area is 128 Å². The molecule has 114 valence electrons. The van der Waals surface area contributed by atoms with Crippen LogP contribution in [0.3, 0.4) is 0 Å². The average Bonchev–Trinajstić information content (AvgIpc) is 2.89. The van der Waals surface area contributed by atoms with E-state index in [-0.39, 0.29) is 0 Å². The van der Waals surface area contributed by atoms with Gasteiger partial charge in [0.05, 0.1) is 11.3 Å². The summed E-state index contributed by atoms with van der Waals surface area (Å²) in [7, 11) is 4.28. The summed E-state index contributed by atoms with van der Waals surface area (Å²) < 4.78 is 0. The van der Waals surface area contributed by atoms with Crippen molar-refractivity contribution in [1.82, 2.24) is 10.2 Å². The van der Waals surface area contributed by atoms with Gasteiger partial charge in [-0.25, -0.2) is 0 Å². The molecule has 0 aliphatic carbocycles. The zero-order chi connectivity index (χ0) is 15.2. The van der Waals surface area contributed by atoms with E-state index >= 15 is 0 Å². The number of anilines is 1. The number of nitrogens with one attached hydrogen (secondary N) is 1. The van der Waals surface area contributed by atoms with Crippen molar-refractivity contribution >= 4 is 5.69 Å². The van der Waals surface area contributed by atoms with Crippen molar-refractivity contribution in [3.8, 4) is 6.07 Å². The van der Waals surface area contributed by atoms with Crippen molar-refractivity contribution in [3.05, 3.63) is 29.3 Å². The van der Waals surface area contributed by atoms with Gasteiger partial charge in [-0.2, -0.15) is 5.26 Å². The molecular weight excluding hydrogens is 260 g/mol. The first-order valence-electron chi connectivity index (χ1n) is 7.80. The monoisotopic (exact) mass is 286 g/mol. The van der Waals surface area contributed by atoms with Crippen LogP contribution in [-0.2, 0) is 6.54 Å². The first kappa shape index (κ1) is 15.8. The second kappa shape index (κ2) is 7.44. The summed E-state index contributed by atoms with van der Waals surface area (Å²) >= 11 is 0. The van der Waals surface area contributed by atoms with Gasteiger partial charge >= 0.3 is 0 Å². The second-order valence-corrected chi connectivity index (χ2v) is 5.90. The van der Waals surface area contributed by atoms with Gasteiger partial charge in [0, 0.05) is 26.2 Å². The Morgan fingerprint density at radius 3 is 2.90 bits per heavy atom. The third-order valence-electron chi connectivity index (χ3n) is 4.33. The molecule has 0 amide bonds. The first-order chi connectivity index (χ1) is 10.2. The van der Waals surface area contributed by atoms with Gasteiger partial charge in [-0.1, -0.05) is 13.0 Å². The van der Waals surface area contributed by atoms with Crippen LogP contribution >= 0.6 is 0 Å². The van der Waals surface area contributed by atoms with E-state index in [4.69, 9.17) is 0 Å². The summed E-state index contributed by atoms with van der Waals surface area (Å²) in [6.07, 6.45) is 2.53. The molecule has 1 aliphatic rings. The standard InChI is InChI=1S/C17H26N4/c1-4-19-12-14-7-8-17(15(10-14)11-18)21(3)13-16-6-5-9-20(16)2/h7-8,10,16,19H,4-6,9,12-13H2,1-3H3. The summed E-state index contributed by atoms with van der Waals surface area (Å²) in [6, 6.07) is 9.16. The smallest absolute Gasteiger partial charge is 0.101 e. The molecule has 1 unspecified atom stereocenters. The summed E-state index contributed by atoms with van der Waals surface area (Å²) in [5.41, 5.74) is 2.98. The molecule has 1 aromatic carbocycles. The van der Waals surface area contributed by atoms with Crippen LogP contribution in [0, 0.1) is 11.3 Å². The van der Waals surface area contributed by atoms with E-state index < -0.39 is 0 Å². The fourth-order valence-corrected chi connectivity index (χ4v) is 3.01. The molecular formula is C17H26N4. The molecule has 1 heterocycles. The highest BCUT2D eigenvalue weighted by molar-refractivity contribution is 5.60. The zero-order valence-corrected chi connectivity index (χ0v) is 13.4. The number of hydrogen-bond donors (Lipinski definition) is 1. The van der Waals surface area contributed by atoms with Crippen LogP contribution in [-0.4, -0.2) is 44.7 Å². The molecule has 1 atom stereocenters. The van der Waals surface area contributed by atoms with Gasteiger partial charge < -0.3 is 15.1 Å². The predicted octanol–water partition coefficient (Wildman–Crippen LogP) is 2.20. The molecule has 4 nitrogen and oxygen atoms in total. The van der Waals surface area contributed by atoms with Gasteiger partial charge in [-0.05, 0) is 50.7 Å². The number of hydrogen-bond acceptors (Lipinski definition) is 4. The van der Waals surface area contributed by atoms with Crippen molar-refractivity contribution in [3.63, 3.8) is 0 Å². The largest absolute Gasteiger partial charge is 0.372 e. The number of nitriles is 1. The van der Waals surface area contributed by atoms with Crippen LogP contribution in [0.2, 0.25) is 0 Å². The van der Waals surface area contributed by atoms with Gasteiger partial charge in [0.15, 0.2) is 0 Å². The number of rotatable bonds is 6. The van der Waals surface area contributed by atoms with Crippen LogP contribution in [0.25, 0.3) is 0 Å². The maximum Gasteiger partial charge on any atom is 0.101 e. The van der Waals surface area contributed by atoms with Crippen molar-refractivity contribution < 1.29 is 0 Å². The van der Waals surface area contributed by atoms with Crippen molar-refractivity contribution in [2.45, 2.75) is 32.4 Å². The Hall–Kier alpha value is -1.57. The maximum absolute atomic E-state index is 9.42. The molecule has 0 saturated carbocycles. The molecule has 1 fully saturated rings. The summed E-state index contributed by atoms with van der Waals surface area (Å²) in [6.45, 7) is 6.02. The maximum atomic E-state index is 9.42. The summed E-state index contributed by atoms with van der Waals surface area (Å²) in [5, 5.41) is 12.7. The molecule has 2 rings (SSSR count). The van der Waals surface area contributed by atoms with Crippen LogP contribution in [0.1, 0.15) is 30.9 Å². The van der Waals surface area contributed by atoms with Gasteiger partial charge in [0.2, 0.25) is 0 Å². The minimum atomic E-state index is 0.600. The second-order valence-electron chi connectivity index (χ2n) is 5.90.